The molecule has 5 nitrogen and oxygen atoms in total. The van der Waals surface area contributed by atoms with Gasteiger partial charge in [0.15, 0.2) is 5.65 Å². The maximum absolute atomic E-state index is 12.9. The van der Waals surface area contributed by atoms with Crippen molar-refractivity contribution in [3.05, 3.63) is 60.0 Å². The number of benzene rings is 1. The smallest absolute Gasteiger partial charge is 0.253 e. The third kappa shape index (κ3) is 3.42. The highest BCUT2D eigenvalue weighted by molar-refractivity contribution is 5.96. The molecule has 0 unspecified atom stereocenters. The van der Waals surface area contributed by atoms with Gasteiger partial charge in [-0.1, -0.05) is 30.3 Å². The van der Waals surface area contributed by atoms with Crippen molar-refractivity contribution in [3.63, 3.8) is 0 Å². The Morgan fingerprint density at radius 3 is 2.73 bits per heavy atom. The molecule has 1 aromatic carbocycles. The number of rotatable bonds is 5. The van der Waals surface area contributed by atoms with Gasteiger partial charge in [-0.3, -0.25) is 4.79 Å². The Bertz CT molecular complexity index is 931. The summed E-state index contributed by atoms with van der Waals surface area (Å²) in [5.74, 6) is -3.05. The Morgan fingerprint density at radius 1 is 1.23 bits per heavy atom. The molecule has 0 spiro atoms. The van der Waals surface area contributed by atoms with Crippen LogP contribution in [0.3, 0.4) is 0 Å². The highest BCUT2D eigenvalue weighted by Crippen LogP contribution is 2.37. The lowest BCUT2D eigenvalue weighted by Gasteiger charge is -2.35. The number of fused-ring (bicyclic) bond motifs is 1. The molecule has 0 radical (unpaired) electrons. The number of amides is 1. The van der Waals surface area contributed by atoms with E-state index in [9.17, 15) is 13.6 Å². The lowest BCUT2D eigenvalue weighted by Crippen LogP contribution is -2.50. The molecule has 1 aliphatic carbocycles. The SMILES string of the molecule is O=C(NC1CC(F)(F)C1)c1cnc2c(c1)ncn2CCc1ccccc1. The van der Waals surface area contributed by atoms with Crippen LogP contribution in [0.4, 0.5) is 8.78 Å². The normalized spacial score (nSPS) is 16.4. The van der Waals surface area contributed by atoms with Crippen molar-refractivity contribution in [3.8, 4) is 0 Å². The number of carbonyl (C=O) groups is 1. The van der Waals surface area contributed by atoms with Crippen LogP contribution in [0.1, 0.15) is 28.8 Å². The average Bonchev–Trinajstić information content (AvgIpc) is 3.01. The Balaban J connectivity index is 1.44. The predicted octanol–water partition coefficient (Wildman–Crippen LogP) is 3.20. The van der Waals surface area contributed by atoms with Crippen molar-refractivity contribution < 1.29 is 13.6 Å². The molecule has 0 aliphatic heterocycles. The van der Waals surface area contributed by atoms with E-state index in [-0.39, 0.29) is 12.8 Å². The number of alkyl halides is 2. The van der Waals surface area contributed by atoms with E-state index in [2.05, 4.69) is 27.4 Å². The van der Waals surface area contributed by atoms with Crippen LogP contribution in [0.5, 0.6) is 0 Å². The molecule has 1 saturated carbocycles. The van der Waals surface area contributed by atoms with Crippen molar-refractivity contribution >= 4 is 17.1 Å². The van der Waals surface area contributed by atoms with Gasteiger partial charge in [0.05, 0.1) is 11.9 Å². The predicted molar refractivity (Wildman–Crippen MR) is 93.1 cm³/mol. The summed E-state index contributed by atoms with van der Waals surface area (Å²) in [7, 11) is 0. The van der Waals surface area contributed by atoms with Crippen LogP contribution in [0.25, 0.3) is 11.2 Å². The van der Waals surface area contributed by atoms with Crippen molar-refractivity contribution in [2.24, 2.45) is 0 Å². The zero-order valence-corrected chi connectivity index (χ0v) is 14.0. The zero-order valence-electron chi connectivity index (χ0n) is 14.0. The van der Waals surface area contributed by atoms with E-state index in [0.29, 0.717) is 16.7 Å². The molecule has 1 N–H and O–H groups in total. The van der Waals surface area contributed by atoms with E-state index in [0.717, 1.165) is 13.0 Å². The summed E-state index contributed by atoms with van der Waals surface area (Å²) < 4.78 is 27.7. The summed E-state index contributed by atoms with van der Waals surface area (Å²) in [6, 6.07) is 11.3. The first-order chi connectivity index (χ1) is 12.5. The molecule has 0 bridgehead atoms. The lowest BCUT2D eigenvalue weighted by atomic mass is 9.88. The van der Waals surface area contributed by atoms with Crippen molar-refractivity contribution in [1.82, 2.24) is 19.9 Å². The van der Waals surface area contributed by atoms with Gasteiger partial charge in [0.25, 0.3) is 11.8 Å². The van der Waals surface area contributed by atoms with Gasteiger partial charge in [0.1, 0.15) is 5.52 Å². The second-order valence-electron chi connectivity index (χ2n) is 6.67. The minimum atomic E-state index is -2.66. The summed E-state index contributed by atoms with van der Waals surface area (Å²) in [6.07, 6.45) is 3.42. The largest absolute Gasteiger partial charge is 0.349 e. The van der Waals surface area contributed by atoms with Crippen LogP contribution in [0.2, 0.25) is 0 Å². The molecular weight excluding hydrogens is 338 g/mol. The highest BCUT2D eigenvalue weighted by atomic mass is 19.3. The van der Waals surface area contributed by atoms with Gasteiger partial charge in [-0.05, 0) is 18.1 Å². The monoisotopic (exact) mass is 356 g/mol. The summed E-state index contributed by atoms with van der Waals surface area (Å²) in [5, 5.41) is 2.61. The van der Waals surface area contributed by atoms with Crippen LogP contribution >= 0.6 is 0 Å². The molecule has 1 amide bonds. The van der Waals surface area contributed by atoms with Crippen molar-refractivity contribution in [2.45, 2.75) is 37.8 Å². The molecule has 7 heteroatoms. The first-order valence-electron chi connectivity index (χ1n) is 8.54. The summed E-state index contributed by atoms with van der Waals surface area (Å²) in [6.45, 7) is 0.732. The number of nitrogens with zero attached hydrogens (tertiary/aromatic N) is 3. The van der Waals surface area contributed by atoms with Gasteiger partial charge in [0, 0.05) is 31.6 Å². The molecule has 0 atom stereocenters. The van der Waals surface area contributed by atoms with Gasteiger partial charge in [-0.15, -0.1) is 0 Å². The Kier molecular flexibility index (Phi) is 4.14. The van der Waals surface area contributed by atoms with E-state index >= 15 is 0 Å². The van der Waals surface area contributed by atoms with Gasteiger partial charge in [0.2, 0.25) is 0 Å². The minimum absolute atomic E-state index is 0.303. The molecule has 1 fully saturated rings. The number of hydrogen-bond acceptors (Lipinski definition) is 3. The fourth-order valence-electron chi connectivity index (χ4n) is 3.16. The third-order valence-electron chi connectivity index (χ3n) is 4.63. The Hall–Kier alpha value is -2.83. The number of halogens is 2. The zero-order chi connectivity index (χ0) is 18.1. The standard InChI is InChI=1S/C19H18F2N4O/c20-19(21)9-15(10-19)24-18(26)14-8-16-17(22-11-14)25(12-23-16)7-6-13-4-2-1-3-5-13/h1-5,8,11-12,15H,6-7,9-10H2,(H,24,26). The molecule has 4 rings (SSSR count). The number of hydrogen-bond donors (Lipinski definition) is 1. The topological polar surface area (TPSA) is 59.8 Å². The molecule has 3 aromatic rings. The van der Waals surface area contributed by atoms with Gasteiger partial charge in [-0.2, -0.15) is 0 Å². The van der Waals surface area contributed by atoms with Crippen LogP contribution in [0.15, 0.2) is 48.9 Å². The summed E-state index contributed by atoms with van der Waals surface area (Å²) in [4.78, 5) is 20.8. The Morgan fingerprint density at radius 2 is 2.00 bits per heavy atom. The van der Waals surface area contributed by atoms with Crippen molar-refractivity contribution in [2.75, 3.05) is 0 Å². The molecular formula is C19H18F2N4O. The first-order valence-corrected chi connectivity index (χ1v) is 8.54. The summed E-state index contributed by atoms with van der Waals surface area (Å²) >= 11 is 0. The molecule has 2 heterocycles. The van der Waals surface area contributed by atoms with Crippen LogP contribution in [-0.2, 0) is 13.0 Å². The second-order valence-corrected chi connectivity index (χ2v) is 6.67. The Labute approximate surface area is 149 Å². The number of pyridine rings is 1. The van der Waals surface area contributed by atoms with E-state index in [4.69, 9.17) is 0 Å². The van der Waals surface area contributed by atoms with Crippen LogP contribution in [0, 0.1) is 0 Å². The van der Waals surface area contributed by atoms with Gasteiger partial charge in [-0.25, -0.2) is 18.7 Å². The maximum Gasteiger partial charge on any atom is 0.253 e. The highest BCUT2D eigenvalue weighted by Gasteiger charge is 2.45. The first kappa shape index (κ1) is 16.6. The molecule has 1 aliphatic rings. The van der Waals surface area contributed by atoms with Crippen LogP contribution < -0.4 is 5.32 Å². The van der Waals surface area contributed by atoms with Gasteiger partial charge < -0.3 is 9.88 Å². The second kappa shape index (κ2) is 6.48. The van der Waals surface area contributed by atoms with Crippen molar-refractivity contribution in [1.29, 1.82) is 0 Å². The quantitative estimate of drug-likeness (QED) is 0.764. The fraction of sp³-hybridized carbons (Fsp3) is 0.316. The van der Waals surface area contributed by atoms with Crippen LogP contribution in [-0.4, -0.2) is 32.4 Å². The number of carbonyl (C=O) groups excluding carboxylic acids is 1. The number of nitrogens with one attached hydrogen (secondary N) is 1. The molecule has 0 saturated heterocycles. The molecule has 134 valence electrons. The number of imidazole rings is 1. The fourth-order valence-corrected chi connectivity index (χ4v) is 3.16. The van der Waals surface area contributed by atoms with E-state index < -0.39 is 17.9 Å². The molecule has 2 aromatic heterocycles. The average molecular weight is 356 g/mol. The third-order valence-corrected chi connectivity index (χ3v) is 4.63. The summed E-state index contributed by atoms with van der Waals surface area (Å²) in [5.41, 5.74) is 2.88. The van der Waals surface area contributed by atoms with E-state index in [1.165, 1.54) is 11.8 Å². The number of aryl methyl sites for hydroxylation is 2. The minimum Gasteiger partial charge on any atom is -0.349 e. The maximum atomic E-state index is 12.9. The van der Waals surface area contributed by atoms with E-state index in [1.54, 1.807) is 12.4 Å². The van der Waals surface area contributed by atoms with Gasteiger partial charge >= 0.3 is 0 Å². The van der Waals surface area contributed by atoms with E-state index in [1.807, 2.05) is 22.8 Å². The lowest BCUT2D eigenvalue weighted by molar-refractivity contribution is -0.0901. The molecule has 26 heavy (non-hydrogen) atoms. The number of aromatic nitrogens is 3.